The Labute approximate surface area is 115 Å². The Hall–Kier alpha value is -2.07. The third-order valence-electron chi connectivity index (χ3n) is 2.57. The van der Waals surface area contributed by atoms with E-state index in [0.29, 0.717) is 11.4 Å². The molecule has 0 atom stereocenters. The van der Waals surface area contributed by atoms with Gasteiger partial charge >= 0.3 is 0 Å². The maximum atomic E-state index is 13.5. The van der Waals surface area contributed by atoms with Gasteiger partial charge in [0.25, 0.3) is 0 Å². The fourth-order valence-electron chi connectivity index (χ4n) is 1.68. The number of hydrogen-bond acceptors (Lipinski definition) is 2. The van der Waals surface area contributed by atoms with Crippen LogP contribution in [0, 0.1) is 5.82 Å². The van der Waals surface area contributed by atoms with E-state index in [1.165, 1.54) is 12.1 Å². The Balaban J connectivity index is 2.10. The van der Waals surface area contributed by atoms with Gasteiger partial charge in [0.1, 0.15) is 5.82 Å². The van der Waals surface area contributed by atoms with E-state index >= 15 is 0 Å². The van der Waals surface area contributed by atoms with Gasteiger partial charge in [-0.2, -0.15) is 0 Å². The predicted molar refractivity (Wildman–Crippen MR) is 74.6 cm³/mol. The number of hydrogen-bond donors (Lipinski definition) is 2. The number of amides is 1. The lowest BCUT2D eigenvalue weighted by atomic mass is 10.1. The molecule has 2 rings (SSSR count). The van der Waals surface area contributed by atoms with Gasteiger partial charge in [-0.05, 0) is 30.3 Å². The van der Waals surface area contributed by atoms with Gasteiger partial charge in [-0.3, -0.25) is 4.79 Å². The fourth-order valence-corrected chi connectivity index (χ4v) is 1.91. The number of halogens is 2. The predicted octanol–water partition coefficient (Wildman–Crippen LogP) is 3.24. The Morgan fingerprint density at radius 3 is 2.68 bits per heavy atom. The second-order valence-electron chi connectivity index (χ2n) is 4.05. The molecule has 0 aliphatic heterocycles. The average molecular weight is 279 g/mol. The summed E-state index contributed by atoms with van der Waals surface area (Å²) in [6, 6.07) is 11.1. The van der Waals surface area contributed by atoms with Crippen molar-refractivity contribution in [3.63, 3.8) is 0 Å². The molecule has 19 heavy (non-hydrogen) atoms. The Kier molecular flexibility index (Phi) is 4.02. The molecule has 0 saturated carbocycles. The number of anilines is 2. The molecular formula is C14H12ClFN2O. The lowest BCUT2D eigenvalue weighted by Crippen LogP contribution is -2.15. The van der Waals surface area contributed by atoms with E-state index < -0.39 is 5.82 Å². The van der Waals surface area contributed by atoms with Gasteiger partial charge in [-0.25, -0.2) is 4.39 Å². The molecule has 0 bridgehead atoms. The second-order valence-corrected chi connectivity index (χ2v) is 4.46. The van der Waals surface area contributed by atoms with Crippen LogP contribution in [0.15, 0.2) is 42.5 Å². The molecule has 2 aromatic rings. The van der Waals surface area contributed by atoms with Crippen molar-refractivity contribution in [2.45, 2.75) is 6.42 Å². The van der Waals surface area contributed by atoms with E-state index in [1.54, 1.807) is 30.3 Å². The molecule has 0 aliphatic rings. The van der Waals surface area contributed by atoms with Gasteiger partial charge in [-0.15, -0.1) is 0 Å². The molecule has 0 aromatic heterocycles. The molecule has 98 valence electrons. The summed E-state index contributed by atoms with van der Waals surface area (Å²) in [7, 11) is 0. The molecule has 3 nitrogen and oxygen atoms in total. The number of carbonyl (C=O) groups is 1. The van der Waals surface area contributed by atoms with E-state index in [9.17, 15) is 9.18 Å². The van der Waals surface area contributed by atoms with Gasteiger partial charge < -0.3 is 11.1 Å². The van der Waals surface area contributed by atoms with E-state index in [0.717, 1.165) is 0 Å². The molecule has 0 spiro atoms. The third-order valence-corrected chi connectivity index (χ3v) is 2.92. The standard InChI is InChI=1S/C14H12ClFN2O/c15-12-5-2-6-13(16)11(12)8-14(19)18-10-4-1-3-9(17)7-10/h1-7H,8,17H2,(H,18,19). The first-order valence-electron chi connectivity index (χ1n) is 5.64. The van der Waals surface area contributed by atoms with Crippen LogP contribution in [0.5, 0.6) is 0 Å². The van der Waals surface area contributed by atoms with Gasteiger partial charge in [0.05, 0.1) is 6.42 Å². The highest BCUT2D eigenvalue weighted by Crippen LogP contribution is 2.20. The van der Waals surface area contributed by atoms with Crippen molar-refractivity contribution in [1.82, 2.24) is 0 Å². The molecule has 0 unspecified atom stereocenters. The Bertz CT molecular complexity index is 596. The minimum Gasteiger partial charge on any atom is -0.399 e. The number of carbonyl (C=O) groups excluding carboxylic acids is 1. The summed E-state index contributed by atoms with van der Waals surface area (Å²) in [5, 5.41) is 2.88. The van der Waals surface area contributed by atoms with E-state index in [2.05, 4.69) is 5.32 Å². The monoisotopic (exact) mass is 278 g/mol. The van der Waals surface area contributed by atoms with Crippen molar-refractivity contribution in [3.8, 4) is 0 Å². The highest BCUT2D eigenvalue weighted by atomic mass is 35.5. The zero-order valence-corrected chi connectivity index (χ0v) is 10.7. The third kappa shape index (κ3) is 3.45. The Morgan fingerprint density at radius 2 is 2.00 bits per heavy atom. The lowest BCUT2D eigenvalue weighted by Gasteiger charge is -2.08. The zero-order chi connectivity index (χ0) is 13.8. The van der Waals surface area contributed by atoms with Crippen molar-refractivity contribution in [2.75, 3.05) is 11.1 Å². The van der Waals surface area contributed by atoms with Crippen molar-refractivity contribution >= 4 is 28.9 Å². The summed E-state index contributed by atoms with van der Waals surface area (Å²) in [6.07, 6.45) is -0.125. The second kappa shape index (κ2) is 5.71. The van der Waals surface area contributed by atoms with Crippen LogP contribution >= 0.6 is 11.6 Å². The van der Waals surface area contributed by atoms with Crippen LogP contribution < -0.4 is 11.1 Å². The van der Waals surface area contributed by atoms with Gasteiger partial charge in [0, 0.05) is 22.0 Å². The van der Waals surface area contributed by atoms with Gasteiger partial charge in [0.2, 0.25) is 5.91 Å². The first-order valence-corrected chi connectivity index (χ1v) is 6.02. The maximum Gasteiger partial charge on any atom is 0.228 e. The van der Waals surface area contributed by atoms with Crippen LogP contribution in [-0.2, 0) is 11.2 Å². The van der Waals surface area contributed by atoms with Crippen LogP contribution in [0.1, 0.15) is 5.56 Å². The van der Waals surface area contributed by atoms with Crippen molar-refractivity contribution < 1.29 is 9.18 Å². The van der Waals surface area contributed by atoms with Crippen molar-refractivity contribution in [3.05, 3.63) is 58.9 Å². The lowest BCUT2D eigenvalue weighted by molar-refractivity contribution is -0.115. The fraction of sp³-hybridized carbons (Fsp3) is 0.0714. The van der Waals surface area contributed by atoms with Crippen LogP contribution in [0.25, 0.3) is 0 Å². The number of nitrogen functional groups attached to an aromatic ring is 1. The average Bonchev–Trinajstić information content (AvgIpc) is 2.34. The van der Waals surface area contributed by atoms with Crippen LogP contribution in [0.2, 0.25) is 5.02 Å². The summed E-state index contributed by atoms with van der Waals surface area (Å²) >= 11 is 5.86. The molecular weight excluding hydrogens is 267 g/mol. The number of rotatable bonds is 3. The maximum absolute atomic E-state index is 13.5. The molecule has 0 radical (unpaired) electrons. The minimum atomic E-state index is -0.491. The Morgan fingerprint density at radius 1 is 1.26 bits per heavy atom. The highest BCUT2D eigenvalue weighted by molar-refractivity contribution is 6.31. The smallest absolute Gasteiger partial charge is 0.228 e. The number of nitrogens with one attached hydrogen (secondary N) is 1. The summed E-state index contributed by atoms with van der Waals surface area (Å²) in [4.78, 5) is 11.8. The number of benzene rings is 2. The SMILES string of the molecule is Nc1cccc(NC(=O)Cc2c(F)cccc2Cl)c1. The van der Waals surface area contributed by atoms with Crippen LogP contribution in [0.3, 0.4) is 0 Å². The summed E-state index contributed by atoms with van der Waals surface area (Å²) in [5.74, 6) is -0.840. The largest absolute Gasteiger partial charge is 0.399 e. The quantitative estimate of drug-likeness (QED) is 0.847. The van der Waals surface area contributed by atoms with Gasteiger partial charge in [-0.1, -0.05) is 23.7 Å². The first kappa shape index (κ1) is 13.4. The summed E-state index contributed by atoms with van der Waals surface area (Å²) < 4.78 is 13.5. The van der Waals surface area contributed by atoms with E-state index in [-0.39, 0.29) is 22.9 Å². The van der Waals surface area contributed by atoms with Crippen LogP contribution in [0.4, 0.5) is 15.8 Å². The molecule has 0 fully saturated rings. The van der Waals surface area contributed by atoms with Crippen LogP contribution in [-0.4, -0.2) is 5.91 Å². The zero-order valence-electron chi connectivity index (χ0n) is 9.99. The highest BCUT2D eigenvalue weighted by Gasteiger charge is 2.12. The normalized spacial score (nSPS) is 10.2. The van der Waals surface area contributed by atoms with Crippen molar-refractivity contribution in [2.24, 2.45) is 0 Å². The van der Waals surface area contributed by atoms with Crippen molar-refractivity contribution in [1.29, 1.82) is 0 Å². The summed E-state index contributed by atoms with van der Waals surface area (Å²) in [5.41, 5.74) is 6.90. The molecule has 3 N–H and O–H groups in total. The summed E-state index contributed by atoms with van der Waals surface area (Å²) in [6.45, 7) is 0. The first-order chi connectivity index (χ1) is 9.06. The molecule has 2 aromatic carbocycles. The van der Waals surface area contributed by atoms with E-state index in [1.807, 2.05) is 0 Å². The molecule has 5 heteroatoms. The molecule has 0 aliphatic carbocycles. The topological polar surface area (TPSA) is 55.1 Å². The van der Waals surface area contributed by atoms with E-state index in [4.69, 9.17) is 17.3 Å². The molecule has 1 amide bonds. The molecule has 0 heterocycles. The minimum absolute atomic E-state index is 0.125. The number of nitrogens with two attached hydrogens (primary N) is 1. The molecule has 0 saturated heterocycles. The van der Waals surface area contributed by atoms with Gasteiger partial charge in [0.15, 0.2) is 0 Å².